The van der Waals surface area contributed by atoms with Crippen molar-refractivity contribution in [3.8, 4) is 11.4 Å². The van der Waals surface area contributed by atoms with Crippen LogP contribution in [0.1, 0.15) is 52.8 Å². The van der Waals surface area contributed by atoms with Crippen LogP contribution in [-0.2, 0) is 0 Å². The lowest BCUT2D eigenvalue weighted by molar-refractivity contribution is 0.0880. The summed E-state index contributed by atoms with van der Waals surface area (Å²) in [5.41, 5.74) is 5.33. The molecule has 4 rings (SSSR count). The zero-order valence-corrected chi connectivity index (χ0v) is 14.5. The second kappa shape index (κ2) is 6.53. The van der Waals surface area contributed by atoms with E-state index < -0.39 is 23.2 Å². The van der Waals surface area contributed by atoms with Gasteiger partial charge in [-0.2, -0.15) is 0 Å². The van der Waals surface area contributed by atoms with Crippen LogP contribution in [0, 0.1) is 5.82 Å². The highest BCUT2D eigenvalue weighted by Crippen LogP contribution is 2.28. The van der Waals surface area contributed by atoms with Crippen molar-refractivity contribution in [2.75, 3.05) is 5.73 Å². The molecule has 7 nitrogen and oxygen atoms in total. The van der Waals surface area contributed by atoms with E-state index in [1.54, 1.807) is 0 Å². The Labute approximate surface area is 153 Å². The number of nitrogens with zero attached hydrogens (tertiary/aromatic N) is 1. The number of hydrogen-bond acceptors (Lipinski definition) is 5. The Hall–Kier alpha value is -3.16. The van der Waals surface area contributed by atoms with Crippen LogP contribution < -0.4 is 21.3 Å². The van der Waals surface area contributed by atoms with E-state index in [0.717, 1.165) is 48.8 Å². The average molecular weight is 371 g/mol. The average Bonchev–Trinajstić information content (AvgIpc) is 2.92. The van der Waals surface area contributed by atoms with Crippen LogP contribution in [0.15, 0.2) is 29.1 Å². The Morgan fingerprint density at radius 2 is 1.81 bits per heavy atom. The minimum atomic E-state index is -0.682. The number of hydrogen-bond donors (Lipinski definition) is 2. The number of nitrogen functional groups attached to an aromatic ring is 1. The fourth-order valence-corrected chi connectivity index (χ4v) is 3.63. The summed E-state index contributed by atoms with van der Waals surface area (Å²) in [5, 5.41) is 2.09. The van der Waals surface area contributed by atoms with Gasteiger partial charge in [-0.05, 0) is 37.8 Å². The van der Waals surface area contributed by atoms with Crippen molar-refractivity contribution in [2.24, 2.45) is 0 Å². The zero-order chi connectivity index (χ0) is 19.1. The minimum absolute atomic E-state index is 0.0124. The third-order valence-corrected chi connectivity index (χ3v) is 4.97. The number of benzene rings is 1. The SMILES string of the molecule is Nc1c2c(cc(=O)n1-c1ccc(OC3CCCCC3)c(F)c1)C(=O)NC2=O. The van der Waals surface area contributed by atoms with E-state index in [0.29, 0.717) is 0 Å². The van der Waals surface area contributed by atoms with Crippen molar-refractivity contribution in [3.63, 3.8) is 0 Å². The first kappa shape index (κ1) is 17.3. The molecule has 1 fully saturated rings. The summed E-state index contributed by atoms with van der Waals surface area (Å²) in [6.45, 7) is 0. The molecule has 8 heteroatoms. The number of carbonyl (C=O) groups excluding carboxylic acids is 2. The van der Waals surface area contributed by atoms with E-state index in [9.17, 15) is 18.8 Å². The summed E-state index contributed by atoms with van der Waals surface area (Å²) in [4.78, 5) is 36.0. The maximum atomic E-state index is 14.6. The van der Waals surface area contributed by atoms with E-state index in [4.69, 9.17) is 10.5 Å². The predicted octanol–water partition coefficient (Wildman–Crippen LogP) is 2.15. The van der Waals surface area contributed by atoms with Crippen LogP contribution in [0.5, 0.6) is 5.75 Å². The first-order valence-corrected chi connectivity index (χ1v) is 8.83. The minimum Gasteiger partial charge on any atom is -0.487 e. The Morgan fingerprint density at radius 3 is 2.52 bits per heavy atom. The number of nitrogens with two attached hydrogens (primary N) is 1. The summed E-state index contributed by atoms with van der Waals surface area (Å²) in [6.07, 6.45) is 5.06. The fourth-order valence-electron chi connectivity index (χ4n) is 3.63. The van der Waals surface area contributed by atoms with Crippen LogP contribution in [0.4, 0.5) is 10.2 Å². The number of rotatable bonds is 3. The van der Waals surface area contributed by atoms with Gasteiger partial charge in [0.2, 0.25) is 0 Å². The summed E-state index contributed by atoms with van der Waals surface area (Å²) < 4.78 is 21.3. The van der Waals surface area contributed by atoms with Crippen LogP contribution in [0.3, 0.4) is 0 Å². The molecule has 0 radical (unpaired) electrons. The lowest BCUT2D eigenvalue weighted by Crippen LogP contribution is -2.24. The summed E-state index contributed by atoms with van der Waals surface area (Å²) in [5.74, 6) is -2.06. The van der Waals surface area contributed by atoms with Gasteiger partial charge >= 0.3 is 0 Å². The zero-order valence-electron chi connectivity index (χ0n) is 14.5. The highest BCUT2D eigenvalue weighted by atomic mass is 19.1. The normalized spacial score (nSPS) is 16.9. The van der Waals surface area contributed by atoms with Crippen molar-refractivity contribution in [2.45, 2.75) is 38.2 Å². The molecule has 0 bridgehead atoms. The number of aromatic nitrogens is 1. The largest absolute Gasteiger partial charge is 0.487 e. The summed E-state index contributed by atoms with van der Waals surface area (Å²) >= 11 is 0. The second-order valence-electron chi connectivity index (χ2n) is 6.77. The third-order valence-electron chi connectivity index (χ3n) is 4.97. The van der Waals surface area contributed by atoms with Crippen LogP contribution >= 0.6 is 0 Å². The van der Waals surface area contributed by atoms with E-state index in [-0.39, 0.29) is 34.5 Å². The molecule has 27 heavy (non-hydrogen) atoms. The number of ether oxygens (including phenoxy) is 1. The van der Waals surface area contributed by atoms with Crippen LogP contribution in [0.2, 0.25) is 0 Å². The maximum Gasteiger partial charge on any atom is 0.262 e. The first-order chi connectivity index (χ1) is 13.0. The second-order valence-corrected chi connectivity index (χ2v) is 6.77. The van der Waals surface area contributed by atoms with Gasteiger partial charge in [0.15, 0.2) is 11.6 Å². The van der Waals surface area contributed by atoms with Gasteiger partial charge in [-0.1, -0.05) is 6.42 Å². The molecule has 1 aliphatic carbocycles. The van der Waals surface area contributed by atoms with Crippen LogP contribution in [-0.4, -0.2) is 22.5 Å². The van der Waals surface area contributed by atoms with Crippen molar-refractivity contribution in [1.82, 2.24) is 9.88 Å². The van der Waals surface area contributed by atoms with Crippen molar-refractivity contribution < 1.29 is 18.7 Å². The number of fused-ring (bicyclic) bond motifs is 1. The molecule has 2 aromatic rings. The molecule has 0 atom stereocenters. The monoisotopic (exact) mass is 371 g/mol. The molecule has 1 aliphatic heterocycles. The van der Waals surface area contributed by atoms with E-state index in [2.05, 4.69) is 5.32 Å². The van der Waals surface area contributed by atoms with Crippen molar-refractivity contribution in [3.05, 3.63) is 51.6 Å². The summed E-state index contributed by atoms with van der Waals surface area (Å²) in [6, 6.07) is 5.11. The number of nitrogens with one attached hydrogen (secondary N) is 1. The van der Waals surface area contributed by atoms with Gasteiger partial charge < -0.3 is 10.5 Å². The highest BCUT2D eigenvalue weighted by Gasteiger charge is 2.32. The molecule has 0 saturated heterocycles. The number of halogens is 1. The molecule has 1 saturated carbocycles. The molecule has 0 spiro atoms. The number of carbonyl (C=O) groups is 2. The van der Waals surface area contributed by atoms with Crippen molar-refractivity contribution >= 4 is 17.6 Å². The first-order valence-electron chi connectivity index (χ1n) is 8.83. The molecule has 2 heterocycles. The number of imide groups is 1. The van der Waals surface area contributed by atoms with Gasteiger partial charge in [-0.15, -0.1) is 0 Å². The Morgan fingerprint density at radius 1 is 1.07 bits per heavy atom. The molecule has 3 N–H and O–H groups in total. The Bertz CT molecular complexity index is 1010. The van der Waals surface area contributed by atoms with Crippen molar-refractivity contribution in [1.29, 1.82) is 0 Å². The molecule has 2 amide bonds. The van der Waals surface area contributed by atoms with Gasteiger partial charge in [0.05, 0.1) is 22.9 Å². The number of amides is 2. The molecule has 0 unspecified atom stereocenters. The topological polar surface area (TPSA) is 103 Å². The molecular weight excluding hydrogens is 353 g/mol. The third kappa shape index (κ3) is 2.97. The standard InChI is InChI=1S/C19H18FN3O4/c20-13-8-10(6-7-14(13)27-11-4-2-1-3-5-11)23-15(24)9-12-16(17(23)21)19(26)22-18(12)25/h6-9,11H,1-5,21H2,(H,22,25,26). The maximum absolute atomic E-state index is 14.6. The molecule has 1 aromatic heterocycles. The van der Waals surface area contributed by atoms with Gasteiger partial charge in [0.1, 0.15) is 5.82 Å². The summed E-state index contributed by atoms with van der Waals surface area (Å²) in [7, 11) is 0. The smallest absolute Gasteiger partial charge is 0.262 e. The van der Waals surface area contributed by atoms with Crippen LogP contribution in [0.25, 0.3) is 5.69 Å². The lowest BCUT2D eigenvalue weighted by atomic mass is 9.98. The van der Waals surface area contributed by atoms with E-state index in [1.807, 2.05) is 0 Å². The molecule has 140 valence electrons. The molecule has 2 aliphatic rings. The van der Waals surface area contributed by atoms with Gasteiger partial charge in [-0.3, -0.25) is 24.3 Å². The predicted molar refractivity (Wildman–Crippen MR) is 95.7 cm³/mol. The quantitative estimate of drug-likeness (QED) is 0.805. The van der Waals surface area contributed by atoms with Gasteiger partial charge in [0.25, 0.3) is 17.4 Å². The fraction of sp³-hybridized carbons (Fsp3) is 0.316. The van der Waals surface area contributed by atoms with Gasteiger partial charge in [0, 0.05) is 12.1 Å². The Balaban J connectivity index is 1.71. The molecular formula is C19H18FN3O4. The number of pyridine rings is 1. The highest BCUT2D eigenvalue weighted by molar-refractivity contribution is 6.23. The van der Waals surface area contributed by atoms with E-state index in [1.165, 1.54) is 12.1 Å². The molecule has 1 aromatic carbocycles. The van der Waals surface area contributed by atoms with E-state index >= 15 is 0 Å². The Kier molecular flexibility index (Phi) is 4.18. The van der Waals surface area contributed by atoms with Gasteiger partial charge in [-0.25, -0.2) is 4.39 Å². The lowest BCUT2D eigenvalue weighted by Gasteiger charge is -2.23. The number of anilines is 1.